The molecule has 0 radical (unpaired) electrons. The Labute approximate surface area is 160 Å². The van der Waals surface area contributed by atoms with Crippen LogP contribution in [-0.4, -0.2) is 45.2 Å². The quantitative estimate of drug-likeness (QED) is 0.495. The van der Waals surface area contributed by atoms with Gasteiger partial charge in [0.1, 0.15) is 0 Å². The van der Waals surface area contributed by atoms with E-state index in [4.69, 9.17) is 4.74 Å². The Bertz CT molecular complexity index is 965. The number of ether oxygens (including phenoxy) is 1. The Morgan fingerprint density at radius 1 is 1.30 bits per heavy atom. The van der Waals surface area contributed by atoms with Gasteiger partial charge in [-0.05, 0) is 32.0 Å². The molecule has 8 nitrogen and oxygen atoms in total. The van der Waals surface area contributed by atoms with Crippen LogP contribution in [0.25, 0.3) is 10.6 Å². The molecule has 1 N–H and O–H groups in total. The molecule has 3 aromatic heterocycles. The first-order valence-corrected chi connectivity index (χ1v) is 9.08. The molecule has 1 amide bonds. The molecule has 0 aromatic carbocycles. The van der Waals surface area contributed by atoms with Crippen LogP contribution >= 0.6 is 11.3 Å². The summed E-state index contributed by atoms with van der Waals surface area (Å²) in [6, 6.07) is 5.35. The van der Waals surface area contributed by atoms with Gasteiger partial charge >= 0.3 is 0 Å². The second-order valence-electron chi connectivity index (χ2n) is 5.87. The number of pyridine rings is 1. The lowest BCUT2D eigenvalue weighted by molar-refractivity contribution is -0.112. The van der Waals surface area contributed by atoms with Crippen molar-refractivity contribution in [2.75, 3.05) is 19.0 Å². The van der Waals surface area contributed by atoms with Crippen LogP contribution in [0.2, 0.25) is 0 Å². The minimum absolute atomic E-state index is 0.264. The zero-order valence-electron chi connectivity index (χ0n) is 15.2. The van der Waals surface area contributed by atoms with Crippen molar-refractivity contribution in [1.82, 2.24) is 19.7 Å². The second-order valence-corrected chi connectivity index (χ2v) is 6.84. The molecule has 0 spiro atoms. The topological polar surface area (TPSA) is 99.0 Å². The van der Waals surface area contributed by atoms with Crippen LogP contribution in [0.3, 0.4) is 0 Å². The average molecular weight is 385 g/mol. The van der Waals surface area contributed by atoms with Gasteiger partial charge in [0.15, 0.2) is 5.01 Å². The molecule has 0 saturated heterocycles. The Balaban J connectivity index is 1.73. The highest BCUT2D eigenvalue weighted by Gasteiger charge is 2.23. The largest absolute Gasteiger partial charge is 0.383 e. The van der Waals surface area contributed by atoms with Gasteiger partial charge in [0.2, 0.25) is 5.13 Å². The maximum absolute atomic E-state index is 12.6. The van der Waals surface area contributed by atoms with Crippen LogP contribution in [0.1, 0.15) is 21.7 Å². The molecule has 0 aliphatic carbocycles. The summed E-state index contributed by atoms with van der Waals surface area (Å²) < 4.78 is 7.04. The van der Waals surface area contributed by atoms with Crippen molar-refractivity contribution < 1.29 is 14.3 Å². The fraction of sp³-hybridized carbons (Fsp3) is 0.278. The van der Waals surface area contributed by atoms with Gasteiger partial charge in [-0.25, -0.2) is 0 Å². The van der Waals surface area contributed by atoms with E-state index in [2.05, 4.69) is 20.5 Å². The summed E-state index contributed by atoms with van der Waals surface area (Å²) in [6.45, 7) is 4.85. The summed E-state index contributed by atoms with van der Waals surface area (Å²) in [7, 11) is 1.62. The lowest BCUT2D eigenvalue weighted by Crippen LogP contribution is -2.23. The third-order valence-corrected chi connectivity index (χ3v) is 4.99. The summed E-state index contributed by atoms with van der Waals surface area (Å²) >= 11 is 1.18. The molecule has 3 aromatic rings. The Kier molecular flexibility index (Phi) is 5.72. The van der Waals surface area contributed by atoms with Gasteiger partial charge in [-0.2, -0.15) is 0 Å². The molecule has 0 atom stereocenters. The van der Waals surface area contributed by atoms with E-state index in [-0.39, 0.29) is 5.13 Å². The van der Waals surface area contributed by atoms with Crippen LogP contribution in [0.15, 0.2) is 30.6 Å². The zero-order valence-corrected chi connectivity index (χ0v) is 16.0. The number of hydrogen-bond acceptors (Lipinski definition) is 7. The number of nitrogens with zero attached hydrogens (tertiary/aromatic N) is 4. The number of hydrogen-bond donors (Lipinski definition) is 1. The molecule has 0 fully saturated rings. The first-order valence-electron chi connectivity index (χ1n) is 8.26. The smallest absolute Gasteiger partial charge is 0.298 e. The number of aromatic nitrogens is 4. The number of nitrogens with one attached hydrogen (secondary N) is 1. The van der Waals surface area contributed by atoms with Crippen molar-refractivity contribution in [2.24, 2.45) is 0 Å². The van der Waals surface area contributed by atoms with Crippen molar-refractivity contribution in [3.63, 3.8) is 0 Å². The summed E-state index contributed by atoms with van der Waals surface area (Å²) in [5.41, 5.74) is 2.80. The van der Waals surface area contributed by atoms with E-state index in [0.29, 0.717) is 23.7 Å². The molecule has 0 unspecified atom stereocenters. The third-order valence-electron chi connectivity index (χ3n) is 4.10. The van der Waals surface area contributed by atoms with E-state index in [0.717, 1.165) is 17.0 Å². The first-order chi connectivity index (χ1) is 13.0. The molecule has 3 rings (SSSR count). The van der Waals surface area contributed by atoms with Gasteiger partial charge in [0, 0.05) is 48.6 Å². The van der Waals surface area contributed by atoms with Crippen molar-refractivity contribution in [3.05, 3.63) is 47.5 Å². The average Bonchev–Trinajstić information content (AvgIpc) is 3.25. The van der Waals surface area contributed by atoms with Gasteiger partial charge in [-0.15, -0.1) is 10.2 Å². The molecule has 27 heavy (non-hydrogen) atoms. The number of Topliss-reactive ketones (excluding diaryl/α,β-unsaturated/α-hetero) is 1. The fourth-order valence-corrected chi connectivity index (χ4v) is 3.44. The minimum atomic E-state index is -0.740. The molecule has 9 heteroatoms. The summed E-state index contributed by atoms with van der Waals surface area (Å²) in [5.74, 6) is -1.35. The minimum Gasteiger partial charge on any atom is -0.383 e. The Morgan fingerprint density at radius 2 is 2.11 bits per heavy atom. The Hall–Kier alpha value is -2.91. The number of carbonyl (C=O) groups excluding carboxylic acids is 2. The number of amides is 1. The number of methoxy groups -OCH3 is 1. The molecule has 0 aliphatic rings. The zero-order chi connectivity index (χ0) is 19.4. The predicted octanol–water partition coefficient (Wildman–Crippen LogP) is 2.49. The van der Waals surface area contributed by atoms with Crippen molar-refractivity contribution in [3.8, 4) is 10.6 Å². The lowest BCUT2D eigenvalue weighted by atomic mass is 10.1. The van der Waals surface area contributed by atoms with Crippen molar-refractivity contribution >= 4 is 28.2 Å². The van der Waals surface area contributed by atoms with Gasteiger partial charge < -0.3 is 9.30 Å². The van der Waals surface area contributed by atoms with Crippen LogP contribution in [0.4, 0.5) is 5.13 Å². The van der Waals surface area contributed by atoms with Gasteiger partial charge in [-0.1, -0.05) is 11.3 Å². The van der Waals surface area contributed by atoms with Gasteiger partial charge in [0.05, 0.1) is 6.61 Å². The van der Waals surface area contributed by atoms with Crippen LogP contribution in [-0.2, 0) is 16.1 Å². The molecule has 3 heterocycles. The standard InChI is InChI=1S/C18H19N5O3S/c1-11-9-14(12(2)23(11)7-8-26-3)15(24)16(25)20-18-22-21-17(27-18)13-5-4-6-19-10-13/h4-6,9-10H,7-8H2,1-3H3,(H,20,22,25). The van der Waals surface area contributed by atoms with Crippen molar-refractivity contribution in [2.45, 2.75) is 20.4 Å². The van der Waals surface area contributed by atoms with Crippen LogP contribution in [0.5, 0.6) is 0 Å². The molecule has 0 aliphatic heterocycles. The summed E-state index contributed by atoms with van der Waals surface area (Å²) in [4.78, 5) is 29.0. The lowest BCUT2D eigenvalue weighted by Gasteiger charge is -2.08. The molecule has 140 valence electrons. The van der Waals surface area contributed by atoms with E-state index < -0.39 is 11.7 Å². The van der Waals surface area contributed by atoms with E-state index in [1.165, 1.54) is 11.3 Å². The Morgan fingerprint density at radius 3 is 2.81 bits per heavy atom. The van der Waals surface area contributed by atoms with Crippen molar-refractivity contribution in [1.29, 1.82) is 0 Å². The molecular formula is C18H19N5O3S. The number of rotatable bonds is 7. The predicted molar refractivity (Wildman–Crippen MR) is 102 cm³/mol. The first kappa shape index (κ1) is 18.9. The number of anilines is 1. The summed E-state index contributed by atoms with van der Waals surface area (Å²) in [5, 5.41) is 11.4. The number of carbonyl (C=O) groups is 2. The van der Waals surface area contributed by atoms with E-state index in [9.17, 15) is 9.59 Å². The highest BCUT2D eigenvalue weighted by atomic mass is 32.1. The summed E-state index contributed by atoms with van der Waals surface area (Å²) in [6.07, 6.45) is 3.32. The highest BCUT2D eigenvalue weighted by Crippen LogP contribution is 2.25. The van der Waals surface area contributed by atoms with Crippen LogP contribution in [0, 0.1) is 13.8 Å². The maximum atomic E-state index is 12.6. The maximum Gasteiger partial charge on any atom is 0.298 e. The second kappa shape index (κ2) is 8.19. The fourth-order valence-electron chi connectivity index (χ4n) is 2.71. The molecule has 0 bridgehead atoms. The molecular weight excluding hydrogens is 366 g/mol. The van der Waals surface area contributed by atoms with Gasteiger partial charge in [0.25, 0.3) is 11.7 Å². The van der Waals surface area contributed by atoms with E-state index in [1.807, 2.05) is 24.5 Å². The van der Waals surface area contributed by atoms with Gasteiger partial charge in [-0.3, -0.25) is 19.9 Å². The monoisotopic (exact) mass is 385 g/mol. The number of aryl methyl sites for hydroxylation is 1. The third kappa shape index (κ3) is 4.09. The normalized spacial score (nSPS) is 10.8. The SMILES string of the molecule is COCCn1c(C)cc(C(=O)C(=O)Nc2nnc(-c3cccnc3)s2)c1C. The van der Waals surface area contributed by atoms with E-state index in [1.54, 1.807) is 31.6 Å². The van der Waals surface area contributed by atoms with E-state index >= 15 is 0 Å². The number of ketones is 1. The highest BCUT2D eigenvalue weighted by molar-refractivity contribution is 7.18. The molecule has 0 saturated carbocycles. The van der Waals surface area contributed by atoms with Crippen LogP contribution < -0.4 is 5.32 Å².